The van der Waals surface area contributed by atoms with Crippen molar-refractivity contribution >= 4 is 29.3 Å². The Hall–Kier alpha value is -2.57. The molecule has 0 saturated heterocycles. The smallest absolute Gasteiger partial charge is 0.266 e. The van der Waals surface area contributed by atoms with Gasteiger partial charge in [-0.15, -0.1) is 11.8 Å². The average Bonchev–Trinajstić information content (AvgIpc) is 2.71. The van der Waals surface area contributed by atoms with Gasteiger partial charge in [0, 0.05) is 40.3 Å². The number of nitrogens with one attached hydrogen (secondary N) is 1. The summed E-state index contributed by atoms with van der Waals surface area (Å²) in [6.07, 6.45) is 0.423. The Balaban J connectivity index is 1.48. The van der Waals surface area contributed by atoms with Crippen LogP contribution in [0.2, 0.25) is 5.02 Å². The lowest BCUT2D eigenvalue weighted by molar-refractivity contribution is -0.120. The molecule has 0 bridgehead atoms. The first-order valence-corrected chi connectivity index (χ1v) is 10.3. The number of carbonyl (C=O) groups is 1. The van der Waals surface area contributed by atoms with Crippen molar-refractivity contribution in [3.8, 4) is 11.3 Å². The molecule has 3 rings (SSSR count). The highest BCUT2D eigenvalue weighted by Crippen LogP contribution is 2.18. The molecule has 0 saturated carbocycles. The van der Waals surface area contributed by atoms with E-state index in [1.165, 1.54) is 10.7 Å². The zero-order valence-corrected chi connectivity index (χ0v) is 16.7. The lowest BCUT2D eigenvalue weighted by atomic mass is 10.1. The van der Waals surface area contributed by atoms with Crippen LogP contribution in [0.25, 0.3) is 11.3 Å². The molecule has 5 nitrogen and oxygen atoms in total. The number of hydrogen-bond acceptors (Lipinski definition) is 4. The van der Waals surface area contributed by atoms with Crippen LogP contribution in [0.3, 0.4) is 0 Å². The van der Waals surface area contributed by atoms with Gasteiger partial charge in [-0.3, -0.25) is 9.59 Å². The van der Waals surface area contributed by atoms with Crippen molar-refractivity contribution in [1.82, 2.24) is 15.1 Å². The van der Waals surface area contributed by atoms with Crippen molar-refractivity contribution in [1.29, 1.82) is 0 Å². The maximum absolute atomic E-state index is 12.0. The summed E-state index contributed by atoms with van der Waals surface area (Å²) < 4.78 is 1.36. The molecule has 28 heavy (non-hydrogen) atoms. The number of rotatable bonds is 8. The van der Waals surface area contributed by atoms with E-state index in [-0.39, 0.29) is 11.5 Å². The fourth-order valence-corrected chi connectivity index (χ4v) is 3.55. The highest BCUT2D eigenvalue weighted by Gasteiger charge is 2.05. The molecule has 0 radical (unpaired) electrons. The number of thioether (sulfide) groups is 1. The summed E-state index contributed by atoms with van der Waals surface area (Å²) in [4.78, 5) is 25.2. The summed E-state index contributed by atoms with van der Waals surface area (Å²) in [5.41, 5.74) is 1.36. The van der Waals surface area contributed by atoms with Crippen molar-refractivity contribution in [2.75, 3.05) is 12.3 Å². The molecule has 3 aromatic rings. The van der Waals surface area contributed by atoms with E-state index in [1.54, 1.807) is 30.0 Å². The fraction of sp³-hybridized carbons (Fsp3) is 0.190. The van der Waals surface area contributed by atoms with E-state index < -0.39 is 0 Å². The molecule has 0 aliphatic heterocycles. The van der Waals surface area contributed by atoms with Crippen molar-refractivity contribution in [2.24, 2.45) is 0 Å². The van der Waals surface area contributed by atoms with Gasteiger partial charge in [0.1, 0.15) is 0 Å². The molecule has 0 spiro atoms. The van der Waals surface area contributed by atoms with Crippen LogP contribution in [0.15, 0.2) is 76.4 Å². The van der Waals surface area contributed by atoms with Gasteiger partial charge in [-0.25, -0.2) is 4.68 Å². The summed E-state index contributed by atoms with van der Waals surface area (Å²) in [6.45, 7) is 0.670. The van der Waals surface area contributed by atoms with Gasteiger partial charge in [0.25, 0.3) is 5.56 Å². The molecule has 7 heteroatoms. The topological polar surface area (TPSA) is 64.0 Å². The van der Waals surface area contributed by atoms with E-state index >= 15 is 0 Å². The highest BCUT2D eigenvalue weighted by molar-refractivity contribution is 7.99. The Kier molecular flexibility index (Phi) is 7.28. The van der Waals surface area contributed by atoms with Crippen LogP contribution in [0, 0.1) is 0 Å². The van der Waals surface area contributed by atoms with E-state index in [9.17, 15) is 9.59 Å². The van der Waals surface area contributed by atoms with E-state index in [0.717, 1.165) is 10.5 Å². The Morgan fingerprint density at radius 2 is 1.79 bits per heavy atom. The number of hydrogen-bond donors (Lipinski definition) is 1. The van der Waals surface area contributed by atoms with Crippen LogP contribution in [0.1, 0.15) is 6.42 Å². The molecular weight excluding hydrogens is 394 g/mol. The predicted octanol–water partition coefficient (Wildman–Crippen LogP) is 3.86. The van der Waals surface area contributed by atoms with Gasteiger partial charge in [-0.2, -0.15) is 5.10 Å². The molecule has 1 heterocycles. The van der Waals surface area contributed by atoms with Gasteiger partial charge >= 0.3 is 0 Å². The van der Waals surface area contributed by atoms with Crippen molar-refractivity contribution in [2.45, 2.75) is 17.9 Å². The third-order valence-electron chi connectivity index (χ3n) is 3.99. The molecule has 1 aromatic heterocycles. The quantitative estimate of drug-likeness (QED) is 0.569. The Labute approximate surface area is 172 Å². The number of halogens is 1. The standard InChI is InChI=1S/C21H20ClN3O2S/c22-17-8-6-16(7-9-17)19-10-11-21(27)25(24-19)14-13-23-20(26)12-15-28-18-4-2-1-3-5-18/h1-11H,12-15H2,(H,23,26). The molecule has 0 atom stereocenters. The first-order chi connectivity index (χ1) is 13.6. The third-order valence-corrected chi connectivity index (χ3v) is 5.26. The number of nitrogens with zero attached hydrogens (tertiary/aromatic N) is 2. The molecule has 144 valence electrons. The van der Waals surface area contributed by atoms with Gasteiger partial charge < -0.3 is 5.32 Å². The Bertz CT molecular complexity index is 975. The normalized spacial score (nSPS) is 10.6. The van der Waals surface area contributed by atoms with E-state index in [4.69, 9.17) is 11.6 Å². The van der Waals surface area contributed by atoms with E-state index in [1.807, 2.05) is 42.5 Å². The summed E-state index contributed by atoms with van der Waals surface area (Å²) in [7, 11) is 0. The SMILES string of the molecule is O=C(CCSc1ccccc1)NCCn1nc(-c2ccc(Cl)cc2)ccc1=O. The second-order valence-corrected chi connectivity index (χ2v) is 7.65. The second kappa shape index (κ2) is 10.1. The zero-order valence-electron chi connectivity index (χ0n) is 15.2. The zero-order chi connectivity index (χ0) is 19.8. The molecular formula is C21H20ClN3O2S. The van der Waals surface area contributed by atoms with Gasteiger partial charge in [-0.1, -0.05) is 41.9 Å². The largest absolute Gasteiger partial charge is 0.354 e. The van der Waals surface area contributed by atoms with E-state index in [0.29, 0.717) is 36.0 Å². The average molecular weight is 414 g/mol. The monoisotopic (exact) mass is 413 g/mol. The fourth-order valence-electron chi connectivity index (χ4n) is 2.55. The predicted molar refractivity (Wildman–Crippen MR) is 114 cm³/mol. The van der Waals surface area contributed by atoms with Gasteiger partial charge in [0.2, 0.25) is 5.91 Å². The third kappa shape index (κ3) is 5.97. The number of amides is 1. The second-order valence-electron chi connectivity index (χ2n) is 6.05. The van der Waals surface area contributed by atoms with Crippen molar-refractivity contribution in [3.63, 3.8) is 0 Å². The molecule has 0 aliphatic rings. The summed E-state index contributed by atoms with van der Waals surface area (Å²) >= 11 is 7.55. The maximum atomic E-state index is 12.0. The Morgan fingerprint density at radius 1 is 1.04 bits per heavy atom. The van der Waals surface area contributed by atoms with Crippen molar-refractivity contribution in [3.05, 3.63) is 82.1 Å². The van der Waals surface area contributed by atoms with Crippen molar-refractivity contribution < 1.29 is 4.79 Å². The van der Waals surface area contributed by atoms with Crippen LogP contribution in [-0.4, -0.2) is 28.0 Å². The number of aromatic nitrogens is 2. The van der Waals surface area contributed by atoms with Gasteiger partial charge in [0.15, 0.2) is 0 Å². The molecule has 2 aromatic carbocycles. The minimum Gasteiger partial charge on any atom is -0.354 e. The first-order valence-electron chi connectivity index (χ1n) is 8.90. The van der Waals surface area contributed by atoms with Crippen LogP contribution < -0.4 is 10.9 Å². The summed E-state index contributed by atoms with van der Waals surface area (Å²) in [5, 5.41) is 7.86. The van der Waals surface area contributed by atoms with Crippen LogP contribution in [0.4, 0.5) is 0 Å². The number of carbonyl (C=O) groups excluding carboxylic acids is 1. The maximum Gasteiger partial charge on any atom is 0.266 e. The minimum absolute atomic E-state index is 0.0367. The van der Waals surface area contributed by atoms with Crippen LogP contribution in [-0.2, 0) is 11.3 Å². The first kappa shape index (κ1) is 20.2. The molecule has 0 fully saturated rings. The van der Waals surface area contributed by atoms with Gasteiger partial charge in [0.05, 0.1) is 12.2 Å². The number of benzene rings is 2. The lowest BCUT2D eigenvalue weighted by Crippen LogP contribution is -2.32. The molecule has 0 unspecified atom stereocenters. The molecule has 0 aliphatic carbocycles. The van der Waals surface area contributed by atoms with Crippen LogP contribution >= 0.6 is 23.4 Å². The van der Waals surface area contributed by atoms with Gasteiger partial charge in [-0.05, 0) is 30.3 Å². The lowest BCUT2D eigenvalue weighted by Gasteiger charge is -2.09. The Morgan fingerprint density at radius 3 is 2.54 bits per heavy atom. The highest BCUT2D eigenvalue weighted by atomic mass is 35.5. The summed E-state index contributed by atoms with van der Waals surface area (Å²) in [6, 6.07) is 20.4. The van der Waals surface area contributed by atoms with E-state index in [2.05, 4.69) is 10.4 Å². The van der Waals surface area contributed by atoms with Crippen LogP contribution in [0.5, 0.6) is 0 Å². The summed E-state index contributed by atoms with van der Waals surface area (Å²) in [5.74, 6) is 0.672. The minimum atomic E-state index is -0.202. The molecule has 1 amide bonds. The molecule has 1 N–H and O–H groups in total.